The quantitative estimate of drug-likeness (QED) is 0.311. The molecule has 1 amide bonds. The van der Waals surface area contributed by atoms with Crippen molar-refractivity contribution in [2.24, 2.45) is 5.92 Å². The molecule has 2 aromatic heterocycles. The van der Waals surface area contributed by atoms with Gasteiger partial charge in [0, 0.05) is 30.6 Å². The van der Waals surface area contributed by atoms with Crippen molar-refractivity contribution in [3.8, 4) is 5.82 Å². The number of aromatic nitrogens is 3. The molecular weight excluding hydrogens is 544 g/mol. The number of carbonyl (C=O) groups excluding carboxylic acids is 1. The first-order chi connectivity index (χ1) is 17.4. The molecule has 5 rings (SSSR count). The number of rotatable bonds is 6. The molecule has 0 spiro atoms. The van der Waals surface area contributed by atoms with E-state index in [9.17, 15) is 14.7 Å². The van der Waals surface area contributed by atoms with E-state index < -0.39 is 5.97 Å². The third-order valence-corrected chi connectivity index (χ3v) is 6.55. The van der Waals surface area contributed by atoms with Gasteiger partial charge in [0.1, 0.15) is 10.3 Å². The highest BCUT2D eigenvalue weighted by Crippen LogP contribution is 2.60. The standard InChI is InChI=1S/C16H14O2.C11H10BrClN4O/c17-16(18)15-13(11-7-3-1-4-8-11)14(15)12-9-5-2-6-10-12;1-2-14-11(18)8-6-9(12)16-17(8)10-7(13)4-3-5-15-10/h1-10,13-15H,(H,17,18);3-6H,2H2,1H3,(H,14,18). The van der Waals surface area contributed by atoms with Gasteiger partial charge in [0.2, 0.25) is 0 Å². The molecule has 1 aliphatic carbocycles. The van der Waals surface area contributed by atoms with Gasteiger partial charge in [0.05, 0.1) is 10.9 Å². The van der Waals surface area contributed by atoms with Gasteiger partial charge in [0.25, 0.3) is 5.91 Å². The Balaban J connectivity index is 0.000000169. The van der Waals surface area contributed by atoms with Crippen molar-refractivity contribution in [3.05, 3.63) is 112 Å². The summed E-state index contributed by atoms with van der Waals surface area (Å²) in [5.74, 6) is -0.548. The van der Waals surface area contributed by atoms with Crippen LogP contribution < -0.4 is 5.32 Å². The molecule has 2 atom stereocenters. The Bertz CT molecular complexity index is 1300. The maximum atomic E-state index is 11.9. The fraction of sp³-hybridized carbons (Fsp3) is 0.185. The molecule has 7 nitrogen and oxygen atoms in total. The maximum absolute atomic E-state index is 11.9. The van der Waals surface area contributed by atoms with Crippen LogP contribution in [0.5, 0.6) is 0 Å². The number of aliphatic carboxylic acids is 1. The number of halogens is 2. The molecule has 1 aliphatic rings. The molecule has 184 valence electrons. The molecule has 36 heavy (non-hydrogen) atoms. The molecule has 4 aromatic rings. The largest absolute Gasteiger partial charge is 0.481 e. The van der Waals surface area contributed by atoms with Crippen LogP contribution in [0, 0.1) is 5.92 Å². The van der Waals surface area contributed by atoms with Gasteiger partial charge in [0.15, 0.2) is 5.82 Å². The van der Waals surface area contributed by atoms with E-state index in [0.717, 1.165) is 11.1 Å². The minimum Gasteiger partial charge on any atom is -0.481 e. The van der Waals surface area contributed by atoms with Gasteiger partial charge in [-0.25, -0.2) is 9.67 Å². The average molecular weight is 568 g/mol. The summed E-state index contributed by atoms with van der Waals surface area (Å²) in [6.07, 6.45) is 1.60. The molecule has 0 aliphatic heterocycles. The monoisotopic (exact) mass is 566 g/mol. The van der Waals surface area contributed by atoms with Crippen molar-refractivity contribution in [1.82, 2.24) is 20.1 Å². The molecule has 0 bridgehead atoms. The fourth-order valence-corrected chi connectivity index (χ4v) is 4.83. The summed E-state index contributed by atoms with van der Waals surface area (Å²) in [4.78, 5) is 27.4. The fourth-order valence-electron chi connectivity index (χ4n) is 4.26. The van der Waals surface area contributed by atoms with E-state index in [1.807, 2.05) is 67.6 Å². The van der Waals surface area contributed by atoms with E-state index in [0.29, 0.717) is 27.7 Å². The van der Waals surface area contributed by atoms with Crippen LogP contribution in [0.3, 0.4) is 0 Å². The Morgan fingerprint density at radius 2 is 1.58 bits per heavy atom. The number of hydrogen-bond donors (Lipinski definition) is 2. The molecular formula is C27H24BrClN4O3. The van der Waals surface area contributed by atoms with Crippen LogP contribution >= 0.6 is 27.5 Å². The van der Waals surface area contributed by atoms with Crippen LogP contribution in [0.1, 0.15) is 40.4 Å². The van der Waals surface area contributed by atoms with Gasteiger partial charge in [-0.2, -0.15) is 5.10 Å². The number of nitrogens with zero attached hydrogens (tertiary/aromatic N) is 3. The summed E-state index contributed by atoms with van der Waals surface area (Å²) in [6.45, 7) is 2.39. The lowest BCUT2D eigenvalue weighted by molar-refractivity contribution is -0.138. The summed E-state index contributed by atoms with van der Waals surface area (Å²) in [6, 6.07) is 24.9. The minimum atomic E-state index is -0.697. The highest BCUT2D eigenvalue weighted by Gasteiger charge is 2.56. The van der Waals surface area contributed by atoms with Crippen LogP contribution in [0.15, 0.2) is 89.7 Å². The number of nitrogens with one attached hydrogen (secondary N) is 1. The summed E-state index contributed by atoms with van der Waals surface area (Å²) in [7, 11) is 0. The van der Waals surface area contributed by atoms with Gasteiger partial charge in [-0.3, -0.25) is 9.59 Å². The molecule has 2 N–H and O–H groups in total. The van der Waals surface area contributed by atoms with Crippen LogP contribution in [0.2, 0.25) is 5.02 Å². The summed E-state index contributed by atoms with van der Waals surface area (Å²) >= 11 is 9.29. The zero-order chi connectivity index (χ0) is 25.7. The second-order valence-corrected chi connectivity index (χ2v) is 9.39. The van der Waals surface area contributed by atoms with E-state index in [-0.39, 0.29) is 23.7 Å². The Kier molecular flexibility index (Phi) is 8.18. The smallest absolute Gasteiger partial charge is 0.307 e. The van der Waals surface area contributed by atoms with Crippen LogP contribution in [0.25, 0.3) is 5.82 Å². The molecule has 1 saturated carbocycles. The van der Waals surface area contributed by atoms with Crippen LogP contribution in [-0.2, 0) is 4.79 Å². The number of hydrogen-bond acceptors (Lipinski definition) is 4. The zero-order valence-corrected chi connectivity index (χ0v) is 21.7. The number of pyridine rings is 1. The molecule has 0 radical (unpaired) electrons. The molecule has 2 aromatic carbocycles. The summed E-state index contributed by atoms with van der Waals surface area (Å²) in [5.41, 5.74) is 2.63. The van der Waals surface area contributed by atoms with E-state index in [2.05, 4.69) is 31.3 Å². The SMILES string of the molecule is CCNC(=O)c1cc(Br)nn1-c1ncccc1Cl.O=C(O)C1C(c2ccccc2)C1c1ccccc1. The molecule has 9 heteroatoms. The number of carboxylic acid groups (broad SMARTS) is 1. The first-order valence-electron chi connectivity index (χ1n) is 11.4. The Morgan fingerprint density at radius 3 is 2.08 bits per heavy atom. The number of benzene rings is 2. The Hall–Kier alpha value is -3.49. The van der Waals surface area contributed by atoms with Crippen molar-refractivity contribution in [2.45, 2.75) is 18.8 Å². The lowest BCUT2D eigenvalue weighted by Crippen LogP contribution is -2.25. The lowest BCUT2D eigenvalue weighted by atomic mass is 10.0. The number of amides is 1. The molecule has 1 fully saturated rings. The zero-order valence-electron chi connectivity index (χ0n) is 19.4. The lowest BCUT2D eigenvalue weighted by Gasteiger charge is -2.07. The number of carboxylic acids is 1. The predicted molar refractivity (Wildman–Crippen MR) is 142 cm³/mol. The summed E-state index contributed by atoms with van der Waals surface area (Å²) < 4.78 is 1.96. The normalized spacial score (nSPS) is 18.0. The van der Waals surface area contributed by atoms with Gasteiger partial charge >= 0.3 is 5.97 Å². The molecule has 2 heterocycles. The van der Waals surface area contributed by atoms with Crippen molar-refractivity contribution in [1.29, 1.82) is 0 Å². The predicted octanol–water partition coefficient (Wildman–Crippen LogP) is 5.70. The van der Waals surface area contributed by atoms with Crippen LogP contribution in [0.4, 0.5) is 0 Å². The maximum Gasteiger partial charge on any atom is 0.307 e. The second kappa shape index (κ2) is 11.5. The van der Waals surface area contributed by atoms with Crippen molar-refractivity contribution in [3.63, 3.8) is 0 Å². The Labute approximate surface area is 222 Å². The minimum absolute atomic E-state index is 0.117. The highest BCUT2D eigenvalue weighted by molar-refractivity contribution is 9.10. The first kappa shape index (κ1) is 25.6. The Morgan fingerprint density at radius 1 is 1.00 bits per heavy atom. The third kappa shape index (κ3) is 5.66. The number of carbonyl (C=O) groups is 2. The van der Waals surface area contributed by atoms with Crippen molar-refractivity contribution < 1.29 is 14.7 Å². The van der Waals surface area contributed by atoms with E-state index in [1.54, 1.807) is 24.4 Å². The van der Waals surface area contributed by atoms with E-state index in [1.165, 1.54) is 4.68 Å². The van der Waals surface area contributed by atoms with Gasteiger partial charge < -0.3 is 10.4 Å². The third-order valence-electron chi connectivity index (χ3n) is 5.86. The first-order valence-corrected chi connectivity index (χ1v) is 12.6. The van der Waals surface area contributed by atoms with E-state index >= 15 is 0 Å². The van der Waals surface area contributed by atoms with Crippen LogP contribution in [-0.4, -0.2) is 38.3 Å². The van der Waals surface area contributed by atoms with Gasteiger partial charge in [-0.15, -0.1) is 0 Å². The summed E-state index contributed by atoms with van der Waals surface area (Å²) in [5, 5.41) is 16.6. The van der Waals surface area contributed by atoms with E-state index in [4.69, 9.17) is 11.6 Å². The topological polar surface area (TPSA) is 97.1 Å². The second-order valence-electron chi connectivity index (χ2n) is 8.17. The highest BCUT2D eigenvalue weighted by atomic mass is 79.9. The van der Waals surface area contributed by atoms with Crippen molar-refractivity contribution >= 4 is 39.4 Å². The molecule has 0 saturated heterocycles. The van der Waals surface area contributed by atoms with Crippen molar-refractivity contribution in [2.75, 3.05) is 6.54 Å². The van der Waals surface area contributed by atoms with Gasteiger partial charge in [-0.05, 0) is 46.1 Å². The molecule has 2 unspecified atom stereocenters. The average Bonchev–Trinajstić information content (AvgIpc) is 3.53. The van der Waals surface area contributed by atoms with Gasteiger partial charge in [-0.1, -0.05) is 72.3 Å².